The number of ether oxygens (including phenoxy) is 1. The van der Waals surface area contributed by atoms with Gasteiger partial charge in [0.2, 0.25) is 0 Å². The van der Waals surface area contributed by atoms with Crippen LogP contribution in [-0.4, -0.2) is 69.2 Å². The highest BCUT2D eigenvalue weighted by Crippen LogP contribution is 2.19. The van der Waals surface area contributed by atoms with E-state index in [1.165, 1.54) is 4.57 Å². The number of likely N-dealkylation sites (N-methyl/N-ethyl adjacent to an activating group) is 1. The zero-order chi connectivity index (χ0) is 19.7. The molecule has 1 aliphatic rings. The molecule has 3 aromatic rings. The van der Waals surface area contributed by atoms with Crippen LogP contribution in [0.4, 0.5) is 11.6 Å². The molecule has 0 spiro atoms. The second kappa shape index (κ2) is 7.47. The molecular formula is C18H24N8O2. The summed E-state index contributed by atoms with van der Waals surface area (Å²) in [5.41, 5.74) is 7.37. The molecule has 10 heteroatoms. The van der Waals surface area contributed by atoms with E-state index in [0.717, 1.165) is 37.6 Å². The topological polar surface area (TPSA) is 118 Å². The number of hydrogen-bond donors (Lipinski definition) is 2. The van der Waals surface area contributed by atoms with E-state index in [9.17, 15) is 4.79 Å². The van der Waals surface area contributed by atoms with Gasteiger partial charge >= 0.3 is 11.7 Å². The number of pyridine rings is 1. The summed E-state index contributed by atoms with van der Waals surface area (Å²) in [6, 6.07) is 4.14. The van der Waals surface area contributed by atoms with Gasteiger partial charge in [-0.1, -0.05) is 6.07 Å². The minimum absolute atomic E-state index is 0.156. The third-order valence-corrected chi connectivity index (χ3v) is 4.88. The molecule has 1 saturated heterocycles. The van der Waals surface area contributed by atoms with Crippen molar-refractivity contribution in [1.29, 1.82) is 0 Å². The number of nitrogen functional groups attached to an aromatic ring is 1. The van der Waals surface area contributed by atoms with Crippen molar-refractivity contribution in [2.75, 3.05) is 50.5 Å². The number of hydrogen-bond acceptors (Lipinski definition) is 8. The Bertz CT molecular complexity index is 1020. The van der Waals surface area contributed by atoms with Crippen molar-refractivity contribution in [2.24, 2.45) is 0 Å². The van der Waals surface area contributed by atoms with Gasteiger partial charge in [0.25, 0.3) is 0 Å². The predicted octanol–water partition coefficient (Wildman–Crippen LogP) is 0.296. The minimum Gasteiger partial charge on any atom is -0.464 e. The van der Waals surface area contributed by atoms with Crippen LogP contribution in [0.5, 0.6) is 6.01 Å². The number of fused-ring (bicyclic) bond motifs is 1. The molecule has 3 aromatic heterocycles. The molecule has 3 N–H and O–H groups in total. The van der Waals surface area contributed by atoms with Crippen LogP contribution in [0.2, 0.25) is 0 Å². The van der Waals surface area contributed by atoms with Crippen molar-refractivity contribution in [1.82, 2.24) is 29.4 Å². The van der Waals surface area contributed by atoms with E-state index >= 15 is 0 Å². The molecule has 0 aromatic carbocycles. The SMILES string of the molecule is CCOc1nc(N)c2[nH]c(=O)n(Cc3ccc(N4CCN(C)CC4)nc3)c2n1. The van der Waals surface area contributed by atoms with Gasteiger partial charge in [0, 0.05) is 32.4 Å². The van der Waals surface area contributed by atoms with Crippen molar-refractivity contribution in [3.8, 4) is 6.01 Å². The summed E-state index contributed by atoms with van der Waals surface area (Å²) in [5, 5.41) is 0. The van der Waals surface area contributed by atoms with Gasteiger partial charge in [0.05, 0.1) is 13.2 Å². The van der Waals surface area contributed by atoms with Crippen LogP contribution in [0.15, 0.2) is 23.1 Å². The van der Waals surface area contributed by atoms with Crippen LogP contribution in [0.25, 0.3) is 11.2 Å². The summed E-state index contributed by atoms with van der Waals surface area (Å²) >= 11 is 0. The van der Waals surface area contributed by atoms with Crippen LogP contribution in [0.1, 0.15) is 12.5 Å². The molecule has 0 unspecified atom stereocenters. The molecular weight excluding hydrogens is 360 g/mol. The quantitative estimate of drug-likeness (QED) is 0.645. The van der Waals surface area contributed by atoms with E-state index in [4.69, 9.17) is 10.5 Å². The number of aromatic nitrogens is 5. The number of piperazine rings is 1. The van der Waals surface area contributed by atoms with Crippen LogP contribution < -0.4 is 21.1 Å². The molecule has 0 saturated carbocycles. The second-order valence-electron chi connectivity index (χ2n) is 6.85. The lowest BCUT2D eigenvalue weighted by Crippen LogP contribution is -2.44. The Morgan fingerprint density at radius 2 is 2.00 bits per heavy atom. The lowest BCUT2D eigenvalue weighted by molar-refractivity contribution is 0.312. The fraction of sp³-hybridized carbons (Fsp3) is 0.444. The van der Waals surface area contributed by atoms with Crippen molar-refractivity contribution in [3.05, 3.63) is 34.4 Å². The number of nitrogens with two attached hydrogens (primary N) is 1. The maximum Gasteiger partial charge on any atom is 0.328 e. The van der Waals surface area contributed by atoms with Crippen LogP contribution in [-0.2, 0) is 6.54 Å². The summed E-state index contributed by atoms with van der Waals surface area (Å²) in [6.45, 7) is 6.55. The van der Waals surface area contributed by atoms with Gasteiger partial charge < -0.3 is 25.3 Å². The van der Waals surface area contributed by atoms with Gasteiger partial charge in [-0.15, -0.1) is 0 Å². The standard InChI is InChI=1S/C18H24N8O2/c1-3-28-17-22-15(19)14-16(23-17)26(18(27)21-14)11-12-4-5-13(20-10-12)25-8-6-24(2)7-9-25/h4-5,10H,3,6-9,11H2,1-2H3,(H,21,27)(H2,19,22,23). The number of rotatable bonds is 5. The molecule has 0 bridgehead atoms. The highest BCUT2D eigenvalue weighted by Gasteiger charge is 2.17. The molecule has 4 heterocycles. The molecule has 1 fully saturated rings. The molecule has 0 radical (unpaired) electrons. The molecule has 0 aliphatic carbocycles. The lowest BCUT2D eigenvalue weighted by Gasteiger charge is -2.33. The predicted molar refractivity (Wildman–Crippen MR) is 107 cm³/mol. The Morgan fingerprint density at radius 1 is 1.21 bits per heavy atom. The Hall–Kier alpha value is -3.14. The number of nitrogens with one attached hydrogen (secondary N) is 1. The first kappa shape index (κ1) is 18.2. The number of H-pyrrole nitrogens is 1. The van der Waals surface area contributed by atoms with Gasteiger partial charge in [0.15, 0.2) is 11.5 Å². The summed E-state index contributed by atoms with van der Waals surface area (Å²) in [4.78, 5) is 32.7. The number of nitrogens with zero attached hydrogens (tertiary/aromatic N) is 6. The largest absolute Gasteiger partial charge is 0.464 e. The van der Waals surface area contributed by atoms with E-state index in [2.05, 4.69) is 36.8 Å². The minimum atomic E-state index is -0.298. The van der Waals surface area contributed by atoms with Crippen molar-refractivity contribution in [2.45, 2.75) is 13.5 Å². The Labute approximate surface area is 162 Å². The summed E-state index contributed by atoms with van der Waals surface area (Å²) in [6.07, 6.45) is 1.80. The van der Waals surface area contributed by atoms with Crippen LogP contribution in [0.3, 0.4) is 0 Å². The first-order chi connectivity index (χ1) is 13.5. The van der Waals surface area contributed by atoms with Gasteiger partial charge in [-0.2, -0.15) is 9.97 Å². The van der Waals surface area contributed by atoms with E-state index in [0.29, 0.717) is 24.3 Å². The van der Waals surface area contributed by atoms with Crippen LogP contribution in [0, 0.1) is 0 Å². The summed E-state index contributed by atoms with van der Waals surface area (Å²) in [7, 11) is 2.13. The van der Waals surface area contributed by atoms with Gasteiger partial charge in [-0.05, 0) is 25.6 Å². The maximum atomic E-state index is 12.4. The Kier molecular flexibility index (Phi) is 4.86. The number of imidazole rings is 1. The number of anilines is 2. The molecule has 28 heavy (non-hydrogen) atoms. The highest BCUT2D eigenvalue weighted by atomic mass is 16.5. The van der Waals surface area contributed by atoms with E-state index in [1.54, 1.807) is 6.20 Å². The summed E-state index contributed by atoms with van der Waals surface area (Å²) < 4.78 is 6.86. The Morgan fingerprint density at radius 3 is 2.68 bits per heavy atom. The van der Waals surface area contributed by atoms with Crippen LogP contribution >= 0.6 is 0 Å². The second-order valence-corrected chi connectivity index (χ2v) is 6.85. The van der Waals surface area contributed by atoms with Crippen molar-refractivity contribution < 1.29 is 4.74 Å². The Balaban J connectivity index is 1.59. The fourth-order valence-electron chi connectivity index (χ4n) is 3.29. The molecule has 4 rings (SSSR count). The first-order valence-corrected chi connectivity index (χ1v) is 9.32. The third-order valence-electron chi connectivity index (χ3n) is 4.88. The van der Waals surface area contributed by atoms with E-state index < -0.39 is 0 Å². The molecule has 0 atom stereocenters. The zero-order valence-electron chi connectivity index (χ0n) is 16.1. The normalized spacial score (nSPS) is 15.3. The summed E-state index contributed by atoms with van der Waals surface area (Å²) in [5.74, 6) is 1.14. The monoisotopic (exact) mass is 384 g/mol. The smallest absolute Gasteiger partial charge is 0.328 e. The number of aromatic amines is 1. The van der Waals surface area contributed by atoms with Gasteiger partial charge in [0.1, 0.15) is 11.3 Å². The zero-order valence-corrected chi connectivity index (χ0v) is 16.1. The van der Waals surface area contributed by atoms with Gasteiger partial charge in [-0.25, -0.2) is 9.78 Å². The maximum absolute atomic E-state index is 12.4. The molecule has 0 amide bonds. The van der Waals surface area contributed by atoms with E-state index in [1.807, 2.05) is 19.1 Å². The average Bonchev–Trinajstić information content (AvgIpc) is 3.00. The molecule has 10 nitrogen and oxygen atoms in total. The highest BCUT2D eigenvalue weighted by molar-refractivity contribution is 5.81. The van der Waals surface area contributed by atoms with Gasteiger partial charge in [-0.3, -0.25) is 4.57 Å². The third kappa shape index (κ3) is 3.50. The first-order valence-electron chi connectivity index (χ1n) is 9.32. The lowest BCUT2D eigenvalue weighted by atomic mass is 10.2. The van der Waals surface area contributed by atoms with Crippen molar-refractivity contribution >= 4 is 22.8 Å². The fourth-order valence-corrected chi connectivity index (χ4v) is 3.29. The molecule has 1 aliphatic heterocycles. The molecule has 148 valence electrons. The average molecular weight is 384 g/mol. The van der Waals surface area contributed by atoms with Crippen molar-refractivity contribution in [3.63, 3.8) is 0 Å². The van der Waals surface area contributed by atoms with E-state index in [-0.39, 0.29) is 17.5 Å².